The van der Waals surface area contributed by atoms with E-state index in [1.165, 1.54) is 4.57 Å². The van der Waals surface area contributed by atoms with E-state index in [0.29, 0.717) is 12.5 Å². The second kappa shape index (κ2) is 4.54. The van der Waals surface area contributed by atoms with Crippen molar-refractivity contribution in [3.63, 3.8) is 0 Å². The maximum absolute atomic E-state index is 11.5. The highest BCUT2D eigenvalue weighted by Crippen LogP contribution is 2.08. The van der Waals surface area contributed by atoms with Crippen molar-refractivity contribution in [1.29, 1.82) is 0 Å². The van der Waals surface area contributed by atoms with E-state index in [1.807, 2.05) is 4.98 Å². The highest BCUT2D eigenvalue weighted by molar-refractivity contribution is 5.86. The number of carbonyl (C=O) groups is 1. The number of H-pyrrole nitrogens is 1. The third kappa shape index (κ3) is 2.44. The van der Waals surface area contributed by atoms with Gasteiger partial charge in [-0.05, 0) is 25.4 Å². The Balaban J connectivity index is 2.33. The number of carboxylic acids is 1. The molecule has 0 aromatic carbocycles. The Bertz CT molecular complexity index is 539. The molecule has 1 saturated heterocycles. The zero-order valence-electron chi connectivity index (χ0n) is 9.10. The zero-order valence-corrected chi connectivity index (χ0v) is 9.10. The molecule has 0 spiro atoms. The highest BCUT2D eigenvalue weighted by Gasteiger charge is 2.17. The fourth-order valence-electron chi connectivity index (χ4n) is 1.95. The Morgan fingerprint density at radius 1 is 1.53 bits per heavy atom. The van der Waals surface area contributed by atoms with Crippen LogP contribution in [0.2, 0.25) is 0 Å². The lowest BCUT2D eigenvalue weighted by Gasteiger charge is -2.10. The van der Waals surface area contributed by atoms with Gasteiger partial charge < -0.3 is 10.4 Å². The van der Waals surface area contributed by atoms with Gasteiger partial charge in [0.2, 0.25) is 0 Å². The predicted molar refractivity (Wildman–Crippen MR) is 59.3 cm³/mol. The highest BCUT2D eigenvalue weighted by atomic mass is 16.4. The SMILES string of the molecule is O=C(O)c1cn(C[C@H]2CCNC2)c(=O)[nH]c1=O. The summed E-state index contributed by atoms with van der Waals surface area (Å²) in [5.41, 5.74) is -1.83. The molecular formula is C10H13N3O4. The van der Waals surface area contributed by atoms with E-state index in [-0.39, 0.29) is 0 Å². The molecule has 1 aromatic heterocycles. The number of aromatic amines is 1. The first-order valence-electron chi connectivity index (χ1n) is 5.35. The van der Waals surface area contributed by atoms with Gasteiger partial charge in [0.25, 0.3) is 5.56 Å². The number of rotatable bonds is 3. The Labute approximate surface area is 96.1 Å². The summed E-state index contributed by atoms with van der Waals surface area (Å²) in [4.78, 5) is 35.5. The van der Waals surface area contributed by atoms with Gasteiger partial charge in [-0.25, -0.2) is 9.59 Å². The second-order valence-electron chi connectivity index (χ2n) is 4.12. The van der Waals surface area contributed by atoms with Gasteiger partial charge in [-0.1, -0.05) is 0 Å². The Morgan fingerprint density at radius 2 is 2.29 bits per heavy atom. The molecule has 1 aliphatic rings. The number of aromatic carboxylic acids is 1. The molecule has 1 aliphatic heterocycles. The van der Waals surface area contributed by atoms with Gasteiger partial charge in [0, 0.05) is 12.7 Å². The van der Waals surface area contributed by atoms with Crippen molar-refractivity contribution >= 4 is 5.97 Å². The molecule has 0 aliphatic carbocycles. The standard InChI is InChI=1S/C10H13N3O4/c14-8-7(9(15)16)5-13(10(17)12-8)4-6-1-2-11-3-6/h5-6,11H,1-4H2,(H,15,16)(H,12,14,17)/t6-/m0/s1. The molecule has 1 aromatic rings. The molecule has 7 heteroatoms. The first-order valence-corrected chi connectivity index (χ1v) is 5.35. The third-order valence-corrected chi connectivity index (χ3v) is 2.86. The number of nitrogens with one attached hydrogen (secondary N) is 2. The van der Waals surface area contributed by atoms with Crippen molar-refractivity contribution < 1.29 is 9.90 Å². The average molecular weight is 239 g/mol. The molecule has 2 rings (SSSR count). The minimum atomic E-state index is -1.33. The van der Waals surface area contributed by atoms with Crippen LogP contribution in [0.4, 0.5) is 0 Å². The van der Waals surface area contributed by atoms with Crippen molar-refractivity contribution in [2.24, 2.45) is 5.92 Å². The number of carboxylic acid groups (broad SMARTS) is 1. The van der Waals surface area contributed by atoms with Crippen LogP contribution in [0.15, 0.2) is 15.8 Å². The van der Waals surface area contributed by atoms with Gasteiger partial charge in [0.1, 0.15) is 5.56 Å². The van der Waals surface area contributed by atoms with Crippen molar-refractivity contribution in [3.05, 3.63) is 32.6 Å². The third-order valence-electron chi connectivity index (χ3n) is 2.86. The average Bonchev–Trinajstić information content (AvgIpc) is 2.74. The molecule has 1 atom stereocenters. The summed E-state index contributed by atoms with van der Waals surface area (Å²) in [6.45, 7) is 2.12. The van der Waals surface area contributed by atoms with Crippen molar-refractivity contribution in [2.75, 3.05) is 13.1 Å². The van der Waals surface area contributed by atoms with Crippen molar-refractivity contribution in [2.45, 2.75) is 13.0 Å². The number of aromatic nitrogens is 2. The smallest absolute Gasteiger partial charge is 0.342 e. The molecule has 0 unspecified atom stereocenters. The van der Waals surface area contributed by atoms with Crippen molar-refractivity contribution in [1.82, 2.24) is 14.9 Å². The fourth-order valence-corrected chi connectivity index (χ4v) is 1.95. The van der Waals surface area contributed by atoms with Crippen LogP contribution in [-0.4, -0.2) is 33.7 Å². The van der Waals surface area contributed by atoms with Crippen LogP contribution in [0.5, 0.6) is 0 Å². The molecule has 0 amide bonds. The lowest BCUT2D eigenvalue weighted by atomic mass is 10.1. The van der Waals surface area contributed by atoms with Gasteiger partial charge in [-0.15, -0.1) is 0 Å². The summed E-state index contributed by atoms with van der Waals surface area (Å²) in [5, 5.41) is 12.0. The van der Waals surface area contributed by atoms with Crippen LogP contribution in [0.3, 0.4) is 0 Å². The zero-order chi connectivity index (χ0) is 12.4. The van der Waals surface area contributed by atoms with E-state index in [4.69, 9.17) is 5.11 Å². The number of nitrogens with zero attached hydrogens (tertiary/aromatic N) is 1. The molecule has 1 fully saturated rings. The molecule has 3 N–H and O–H groups in total. The quantitative estimate of drug-likeness (QED) is 0.617. The number of hydrogen-bond donors (Lipinski definition) is 3. The molecule has 92 valence electrons. The van der Waals surface area contributed by atoms with Crippen LogP contribution >= 0.6 is 0 Å². The minimum absolute atomic E-state index is 0.292. The van der Waals surface area contributed by atoms with Gasteiger partial charge in [0.15, 0.2) is 0 Å². The summed E-state index contributed by atoms with van der Waals surface area (Å²) in [7, 11) is 0. The lowest BCUT2D eigenvalue weighted by molar-refractivity contribution is 0.0693. The largest absolute Gasteiger partial charge is 0.477 e. The first kappa shape index (κ1) is 11.6. The minimum Gasteiger partial charge on any atom is -0.477 e. The fraction of sp³-hybridized carbons (Fsp3) is 0.500. The van der Waals surface area contributed by atoms with Gasteiger partial charge >= 0.3 is 11.7 Å². The number of hydrogen-bond acceptors (Lipinski definition) is 4. The first-order chi connectivity index (χ1) is 8.08. The van der Waals surface area contributed by atoms with Crippen LogP contribution in [0, 0.1) is 5.92 Å². The monoisotopic (exact) mass is 239 g/mol. The topological polar surface area (TPSA) is 104 Å². The molecule has 0 saturated carbocycles. The second-order valence-corrected chi connectivity index (χ2v) is 4.12. The van der Waals surface area contributed by atoms with E-state index in [1.54, 1.807) is 0 Å². The molecule has 7 nitrogen and oxygen atoms in total. The van der Waals surface area contributed by atoms with Gasteiger partial charge in [0.05, 0.1) is 0 Å². The Morgan fingerprint density at radius 3 is 2.88 bits per heavy atom. The van der Waals surface area contributed by atoms with E-state index < -0.39 is 22.8 Å². The molecule has 17 heavy (non-hydrogen) atoms. The summed E-state index contributed by atoms with van der Waals surface area (Å²) < 4.78 is 1.25. The molecular weight excluding hydrogens is 226 g/mol. The molecule has 2 heterocycles. The van der Waals surface area contributed by atoms with Crippen LogP contribution in [0.1, 0.15) is 16.8 Å². The molecule has 0 bridgehead atoms. The van der Waals surface area contributed by atoms with Crippen molar-refractivity contribution in [3.8, 4) is 0 Å². The van der Waals surface area contributed by atoms with E-state index in [9.17, 15) is 14.4 Å². The predicted octanol–water partition coefficient (Wildman–Crippen LogP) is -1.16. The lowest BCUT2D eigenvalue weighted by Crippen LogP contribution is -2.35. The van der Waals surface area contributed by atoms with Crippen LogP contribution < -0.4 is 16.6 Å². The summed E-state index contributed by atoms with van der Waals surface area (Å²) in [6.07, 6.45) is 2.05. The molecule has 0 radical (unpaired) electrons. The van der Waals surface area contributed by atoms with Gasteiger partial charge in [-0.2, -0.15) is 0 Å². The van der Waals surface area contributed by atoms with Crippen LogP contribution in [-0.2, 0) is 6.54 Å². The van der Waals surface area contributed by atoms with Gasteiger partial charge in [-0.3, -0.25) is 14.3 Å². The van der Waals surface area contributed by atoms with E-state index in [2.05, 4.69) is 5.32 Å². The Kier molecular flexibility index (Phi) is 3.10. The van der Waals surface area contributed by atoms with E-state index >= 15 is 0 Å². The maximum Gasteiger partial charge on any atom is 0.342 e. The summed E-state index contributed by atoms with van der Waals surface area (Å²) >= 11 is 0. The Hall–Kier alpha value is -1.89. The summed E-state index contributed by atoms with van der Waals surface area (Å²) in [6, 6.07) is 0. The van der Waals surface area contributed by atoms with Crippen LogP contribution in [0.25, 0.3) is 0 Å². The normalized spacial score (nSPS) is 19.4. The summed E-state index contributed by atoms with van der Waals surface area (Å²) in [5.74, 6) is -1.04. The maximum atomic E-state index is 11.5. The van der Waals surface area contributed by atoms with E-state index in [0.717, 1.165) is 25.7 Å².